The van der Waals surface area contributed by atoms with Gasteiger partial charge in [0, 0.05) is 33.7 Å². The molecule has 6 aromatic rings. The monoisotopic (exact) mass is 593 g/mol. The SMILES string of the molecule is CC1(C)c2ccccc2N2c3cc(-c4ccccc4)cc(-c4cccc5c4Nc4ccccc4[Si]5(C)C)c3[B]c3cccc1c32. The van der Waals surface area contributed by atoms with Crippen LogP contribution in [-0.4, -0.2) is 15.4 Å². The molecular formula is C41H34BN2Si. The smallest absolute Gasteiger partial charge is 0.197 e. The largest absolute Gasteiger partial charge is 0.355 e. The molecule has 1 N–H and O–H groups in total. The van der Waals surface area contributed by atoms with Crippen LogP contribution >= 0.6 is 0 Å². The third kappa shape index (κ3) is 3.69. The first-order chi connectivity index (χ1) is 21.8. The molecule has 3 aliphatic heterocycles. The van der Waals surface area contributed by atoms with Crippen molar-refractivity contribution < 1.29 is 0 Å². The van der Waals surface area contributed by atoms with Crippen LogP contribution < -0.4 is 31.5 Å². The molecule has 0 aromatic heterocycles. The molecule has 3 aliphatic rings. The van der Waals surface area contributed by atoms with Gasteiger partial charge in [0.15, 0.2) is 7.28 Å². The molecule has 0 amide bonds. The van der Waals surface area contributed by atoms with Crippen LogP contribution in [0.25, 0.3) is 22.3 Å². The zero-order valence-electron chi connectivity index (χ0n) is 26.1. The molecule has 9 rings (SSSR count). The zero-order valence-corrected chi connectivity index (χ0v) is 27.1. The average Bonchev–Trinajstić information content (AvgIpc) is 3.06. The Morgan fingerprint density at radius 1 is 0.622 bits per heavy atom. The van der Waals surface area contributed by atoms with Crippen LogP contribution in [-0.2, 0) is 5.41 Å². The summed E-state index contributed by atoms with van der Waals surface area (Å²) < 4.78 is 0. The molecule has 0 fully saturated rings. The summed E-state index contributed by atoms with van der Waals surface area (Å²) in [6, 6.07) is 47.4. The molecule has 0 atom stereocenters. The van der Waals surface area contributed by atoms with Crippen LogP contribution in [0.15, 0.2) is 127 Å². The predicted molar refractivity (Wildman–Crippen MR) is 196 cm³/mol. The second-order valence-corrected chi connectivity index (χ2v) is 18.0. The molecule has 0 aliphatic carbocycles. The average molecular weight is 594 g/mol. The molecule has 0 bridgehead atoms. The van der Waals surface area contributed by atoms with Crippen molar-refractivity contribution in [1.82, 2.24) is 0 Å². The number of nitrogens with one attached hydrogen (secondary N) is 1. The fourth-order valence-electron chi connectivity index (χ4n) is 8.14. The van der Waals surface area contributed by atoms with E-state index in [-0.39, 0.29) is 5.41 Å². The van der Waals surface area contributed by atoms with Gasteiger partial charge in [0.1, 0.15) is 8.07 Å². The number of rotatable bonds is 2. The van der Waals surface area contributed by atoms with E-state index in [9.17, 15) is 0 Å². The van der Waals surface area contributed by atoms with Crippen LogP contribution in [0.4, 0.5) is 28.4 Å². The molecule has 0 unspecified atom stereocenters. The maximum atomic E-state index is 3.93. The Hall–Kier alpha value is -4.80. The van der Waals surface area contributed by atoms with Gasteiger partial charge in [-0.1, -0.05) is 136 Å². The maximum absolute atomic E-state index is 3.93. The van der Waals surface area contributed by atoms with Gasteiger partial charge in [-0.3, -0.25) is 0 Å². The summed E-state index contributed by atoms with van der Waals surface area (Å²) in [6.07, 6.45) is 0. The van der Waals surface area contributed by atoms with Gasteiger partial charge in [-0.25, -0.2) is 0 Å². The molecule has 2 nitrogen and oxygen atoms in total. The van der Waals surface area contributed by atoms with E-state index in [1.807, 2.05) is 0 Å². The number of fused-ring (bicyclic) bond motifs is 6. The van der Waals surface area contributed by atoms with Crippen LogP contribution in [0.5, 0.6) is 0 Å². The molecule has 0 spiro atoms. The maximum Gasteiger partial charge on any atom is 0.197 e. The molecule has 215 valence electrons. The van der Waals surface area contributed by atoms with E-state index in [2.05, 4.69) is 172 Å². The van der Waals surface area contributed by atoms with Crippen molar-refractivity contribution >= 4 is 65.1 Å². The van der Waals surface area contributed by atoms with Crippen LogP contribution in [0.1, 0.15) is 25.0 Å². The van der Waals surface area contributed by atoms with E-state index in [4.69, 9.17) is 0 Å². The van der Waals surface area contributed by atoms with Crippen molar-refractivity contribution in [2.45, 2.75) is 32.4 Å². The summed E-state index contributed by atoms with van der Waals surface area (Å²) in [6.45, 7) is 9.71. The number of nitrogens with zero attached hydrogens (tertiary/aromatic N) is 1. The second kappa shape index (κ2) is 9.35. The Balaban J connectivity index is 1.36. The molecular weight excluding hydrogens is 559 g/mol. The summed E-state index contributed by atoms with van der Waals surface area (Å²) in [5, 5.41) is 6.85. The van der Waals surface area contributed by atoms with Gasteiger partial charge in [-0.2, -0.15) is 0 Å². The van der Waals surface area contributed by atoms with Gasteiger partial charge >= 0.3 is 0 Å². The lowest BCUT2D eigenvalue weighted by Crippen LogP contribution is -2.57. The number of hydrogen-bond donors (Lipinski definition) is 1. The highest BCUT2D eigenvalue weighted by atomic mass is 28.3. The fourth-order valence-corrected chi connectivity index (χ4v) is 11.1. The van der Waals surface area contributed by atoms with Crippen molar-refractivity contribution in [3.63, 3.8) is 0 Å². The van der Waals surface area contributed by atoms with Crippen molar-refractivity contribution in [2.24, 2.45) is 0 Å². The number of para-hydroxylation sites is 4. The molecule has 0 saturated carbocycles. The van der Waals surface area contributed by atoms with Gasteiger partial charge in [0.05, 0.1) is 5.69 Å². The standard InChI is InChI=1S/C41H34BN2Si/c1-41(2)30-17-8-10-21-34(30)44-35-25-27(26-14-6-5-7-15-26)24-29(38(35)42-32-19-13-18-31(41)40(32)44)28-16-12-23-37-39(28)43-33-20-9-11-22-36(33)45(37,3)4/h5-25,43H,1-4H3. The van der Waals surface area contributed by atoms with Crippen LogP contribution in [0, 0.1) is 0 Å². The van der Waals surface area contributed by atoms with E-state index >= 15 is 0 Å². The summed E-state index contributed by atoms with van der Waals surface area (Å²) in [4.78, 5) is 2.55. The molecule has 45 heavy (non-hydrogen) atoms. The lowest BCUT2D eigenvalue weighted by Gasteiger charge is -2.46. The summed E-state index contributed by atoms with van der Waals surface area (Å²) in [5.41, 5.74) is 16.5. The zero-order chi connectivity index (χ0) is 30.5. The molecule has 6 aromatic carbocycles. The second-order valence-electron chi connectivity index (χ2n) is 13.7. The summed E-state index contributed by atoms with van der Waals surface area (Å²) in [7, 11) is 0.510. The van der Waals surface area contributed by atoms with Gasteiger partial charge in [0.2, 0.25) is 0 Å². The number of hydrogen-bond acceptors (Lipinski definition) is 2. The topological polar surface area (TPSA) is 15.3 Å². The number of anilines is 5. The molecule has 3 heterocycles. The van der Waals surface area contributed by atoms with E-state index in [1.165, 1.54) is 83.1 Å². The van der Waals surface area contributed by atoms with Gasteiger partial charge in [-0.15, -0.1) is 0 Å². The van der Waals surface area contributed by atoms with E-state index in [0.29, 0.717) is 0 Å². The first-order valence-electron chi connectivity index (χ1n) is 16.0. The lowest BCUT2D eigenvalue weighted by atomic mass is 9.55. The van der Waals surface area contributed by atoms with Crippen molar-refractivity contribution in [3.8, 4) is 22.3 Å². The van der Waals surface area contributed by atoms with E-state index in [1.54, 1.807) is 0 Å². The quantitative estimate of drug-likeness (QED) is 0.205. The van der Waals surface area contributed by atoms with E-state index in [0.717, 1.165) is 0 Å². The highest BCUT2D eigenvalue weighted by Crippen LogP contribution is 2.52. The third-order valence-electron chi connectivity index (χ3n) is 10.5. The lowest BCUT2D eigenvalue weighted by molar-refractivity contribution is 0.632. The minimum Gasteiger partial charge on any atom is -0.355 e. The number of benzene rings is 6. The highest BCUT2D eigenvalue weighted by Gasteiger charge is 2.42. The molecule has 1 radical (unpaired) electrons. The predicted octanol–water partition coefficient (Wildman–Crippen LogP) is 7.98. The van der Waals surface area contributed by atoms with Crippen molar-refractivity contribution in [1.29, 1.82) is 0 Å². The first kappa shape index (κ1) is 26.6. The van der Waals surface area contributed by atoms with Gasteiger partial charge < -0.3 is 10.2 Å². The first-order valence-corrected chi connectivity index (χ1v) is 19.0. The van der Waals surface area contributed by atoms with Crippen LogP contribution in [0.3, 0.4) is 0 Å². The van der Waals surface area contributed by atoms with Gasteiger partial charge in [0.25, 0.3) is 0 Å². The Morgan fingerprint density at radius 2 is 1.33 bits per heavy atom. The normalized spacial score (nSPS) is 15.8. The minimum absolute atomic E-state index is 0.102. The summed E-state index contributed by atoms with van der Waals surface area (Å²) >= 11 is 0. The molecule has 0 saturated heterocycles. The minimum atomic E-state index is -1.93. The fraction of sp³-hybridized carbons (Fsp3) is 0.122. The summed E-state index contributed by atoms with van der Waals surface area (Å²) in [5.74, 6) is 0. The Bertz CT molecular complexity index is 2180. The highest BCUT2D eigenvalue weighted by molar-refractivity contribution is 7.02. The Kier molecular flexibility index (Phi) is 5.53. The van der Waals surface area contributed by atoms with E-state index < -0.39 is 8.07 Å². The van der Waals surface area contributed by atoms with Crippen molar-refractivity contribution in [3.05, 3.63) is 139 Å². The third-order valence-corrected chi connectivity index (χ3v) is 14.0. The molecule has 4 heteroatoms. The van der Waals surface area contributed by atoms with Crippen LogP contribution in [0.2, 0.25) is 13.1 Å². The Morgan fingerprint density at radius 3 is 2.20 bits per heavy atom. The van der Waals surface area contributed by atoms with Gasteiger partial charge in [-0.05, 0) is 67.9 Å². The van der Waals surface area contributed by atoms with Crippen molar-refractivity contribution in [2.75, 3.05) is 10.2 Å². The Labute approximate surface area is 267 Å².